The van der Waals surface area contributed by atoms with Crippen LogP contribution in [0.4, 0.5) is 0 Å². The van der Waals surface area contributed by atoms with Crippen molar-refractivity contribution in [1.29, 1.82) is 0 Å². The molecule has 2 aromatic rings. The Labute approximate surface area is 109 Å². The van der Waals surface area contributed by atoms with Gasteiger partial charge in [-0.1, -0.05) is 17.3 Å². The standard InChI is InChI=1S/C12H14N4O3/c13-10(5-8-1-3-9(17)4-2-8)12(18)14-6-11-15-7-19-16-11/h1-4,7,10,17H,5-6,13H2,(H,14,18)/t10-/m0/s1. The molecule has 1 atom stereocenters. The fraction of sp³-hybridized carbons (Fsp3) is 0.250. The molecule has 100 valence electrons. The summed E-state index contributed by atoms with van der Waals surface area (Å²) in [4.78, 5) is 15.5. The van der Waals surface area contributed by atoms with Crippen LogP contribution in [0.5, 0.6) is 5.75 Å². The smallest absolute Gasteiger partial charge is 0.237 e. The van der Waals surface area contributed by atoms with E-state index in [0.717, 1.165) is 5.56 Å². The van der Waals surface area contributed by atoms with Crippen LogP contribution in [-0.2, 0) is 17.8 Å². The molecule has 1 aromatic carbocycles. The van der Waals surface area contributed by atoms with Crippen LogP contribution in [0, 0.1) is 0 Å². The Kier molecular flexibility index (Phi) is 4.09. The monoisotopic (exact) mass is 262 g/mol. The molecule has 2 rings (SSSR count). The molecule has 0 unspecified atom stereocenters. The van der Waals surface area contributed by atoms with Crippen molar-refractivity contribution < 1.29 is 14.4 Å². The van der Waals surface area contributed by atoms with Crippen molar-refractivity contribution in [1.82, 2.24) is 15.5 Å². The number of benzene rings is 1. The molecule has 7 nitrogen and oxygen atoms in total. The average molecular weight is 262 g/mol. The maximum absolute atomic E-state index is 11.7. The Morgan fingerprint density at radius 1 is 1.42 bits per heavy atom. The predicted octanol–water partition coefficient (Wildman–Crippen LogP) is -0.0386. The largest absolute Gasteiger partial charge is 0.508 e. The van der Waals surface area contributed by atoms with Crippen LogP contribution in [0.2, 0.25) is 0 Å². The molecular formula is C12H14N4O3. The molecule has 0 saturated heterocycles. The van der Waals surface area contributed by atoms with Gasteiger partial charge in [-0.05, 0) is 24.1 Å². The van der Waals surface area contributed by atoms with Crippen molar-refractivity contribution in [3.8, 4) is 5.75 Å². The second-order valence-corrected chi connectivity index (χ2v) is 4.04. The maximum atomic E-state index is 11.7. The lowest BCUT2D eigenvalue weighted by Crippen LogP contribution is -2.41. The summed E-state index contributed by atoms with van der Waals surface area (Å²) in [7, 11) is 0. The number of carbonyl (C=O) groups excluding carboxylic acids is 1. The van der Waals surface area contributed by atoms with E-state index < -0.39 is 6.04 Å². The van der Waals surface area contributed by atoms with Gasteiger partial charge < -0.3 is 20.7 Å². The maximum Gasteiger partial charge on any atom is 0.237 e. The van der Waals surface area contributed by atoms with E-state index in [0.29, 0.717) is 12.2 Å². The molecule has 1 heterocycles. The minimum Gasteiger partial charge on any atom is -0.508 e. The number of hydrogen-bond acceptors (Lipinski definition) is 6. The minimum absolute atomic E-state index is 0.179. The van der Waals surface area contributed by atoms with Gasteiger partial charge in [0.05, 0.1) is 12.6 Å². The number of nitrogens with zero attached hydrogens (tertiary/aromatic N) is 2. The van der Waals surface area contributed by atoms with Crippen LogP contribution < -0.4 is 11.1 Å². The Morgan fingerprint density at radius 3 is 2.79 bits per heavy atom. The predicted molar refractivity (Wildman–Crippen MR) is 65.9 cm³/mol. The Morgan fingerprint density at radius 2 is 2.16 bits per heavy atom. The van der Waals surface area contributed by atoms with Crippen molar-refractivity contribution in [2.24, 2.45) is 5.73 Å². The molecular weight excluding hydrogens is 248 g/mol. The lowest BCUT2D eigenvalue weighted by molar-refractivity contribution is -0.122. The highest BCUT2D eigenvalue weighted by molar-refractivity contribution is 5.81. The summed E-state index contributed by atoms with van der Waals surface area (Å²) in [6.45, 7) is 0.179. The van der Waals surface area contributed by atoms with E-state index in [1.807, 2.05) is 0 Å². The third kappa shape index (κ3) is 3.78. The number of rotatable bonds is 5. The molecule has 0 spiro atoms. The Bertz CT molecular complexity index is 524. The highest BCUT2D eigenvalue weighted by Crippen LogP contribution is 2.10. The van der Waals surface area contributed by atoms with Crippen LogP contribution in [0.15, 0.2) is 35.2 Å². The van der Waals surface area contributed by atoms with Crippen LogP contribution in [0.3, 0.4) is 0 Å². The topological polar surface area (TPSA) is 114 Å². The zero-order chi connectivity index (χ0) is 13.7. The number of carbonyl (C=O) groups is 1. The van der Waals surface area contributed by atoms with Crippen molar-refractivity contribution in [3.05, 3.63) is 42.0 Å². The van der Waals surface area contributed by atoms with Gasteiger partial charge >= 0.3 is 0 Å². The first-order valence-electron chi connectivity index (χ1n) is 5.71. The van der Waals surface area contributed by atoms with E-state index in [1.54, 1.807) is 24.3 Å². The average Bonchev–Trinajstić information content (AvgIpc) is 2.91. The van der Waals surface area contributed by atoms with Gasteiger partial charge in [0.15, 0.2) is 5.82 Å². The molecule has 0 aliphatic heterocycles. The number of aromatic nitrogens is 2. The van der Waals surface area contributed by atoms with Crippen molar-refractivity contribution in [3.63, 3.8) is 0 Å². The fourth-order valence-electron chi connectivity index (χ4n) is 1.55. The molecule has 1 amide bonds. The van der Waals surface area contributed by atoms with Gasteiger partial charge in [-0.2, -0.15) is 4.98 Å². The normalized spacial score (nSPS) is 12.1. The summed E-state index contributed by atoms with van der Waals surface area (Å²) in [6.07, 6.45) is 1.58. The number of aromatic hydroxyl groups is 1. The van der Waals surface area contributed by atoms with Crippen molar-refractivity contribution in [2.45, 2.75) is 19.0 Å². The number of nitrogens with two attached hydrogens (primary N) is 1. The van der Waals surface area contributed by atoms with Crippen LogP contribution in [0.1, 0.15) is 11.4 Å². The number of nitrogens with one attached hydrogen (secondary N) is 1. The molecule has 4 N–H and O–H groups in total. The number of phenols is 1. The van der Waals surface area contributed by atoms with Gasteiger partial charge in [-0.15, -0.1) is 0 Å². The first kappa shape index (κ1) is 13.0. The summed E-state index contributed by atoms with van der Waals surface area (Å²) >= 11 is 0. The van der Waals surface area contributed by atoms with Crippen molar-refractivity contribution >= 4 is 5.91 Å². The highest BCUT2D eigenvalue weighted by Gasteiger charge is 2.14. The second-order valence-electron chi connectivity index (χ2n) is 4.04. The summed E-state index contributed by atoms with van der Waals surface area (Å²) in [5.41, 5.74) is 6.66. The van der Waals surface area contributed by atoms with E-state index in [2.05, 4.69) is 20.0 Å². The molecule has 0 aliphatic rings. The molecule has 0 aliphatic carbocycles. The first-order chi connectivity index (χ1) is 9.15. The summed E-state index contributed by atoms with van der Waals surface area (Å²) in [5, 5.41) is 15.3. The molecule has 7 heteroatoms. The lowest BCUT2D eigenvalue weighted by Gasteiger charge is -2.11. The molecule has 1 aromatic heterocycles. The van der Waals surface area contributed by atoms with Gasteiger partial charge in [-0.3, -0.25) is 4.79 Å². The second kappa shape index (κ2) is 5.96. The summed E-state index contributed by atoms with van der Waals surface area (Å²) in [6, 6.07) is 5.89. The van der Waals surface area contributed by atoms with Crippen molar-refractivity contribution in [2.75, 3.05) is 0 Å². The molecule has 0 radical (unpaired) electrons. The van der Waals surface area contributed by atoms with E-state index >= 15 is 0 Å². The lowest BCUT2D eigenvalue weighted by atomic mass is 10.1. The summed E-state index contributed by atoms with van der Waals surface area (Å²) < 4.78 is 4.55. The molecule has 0 bridgehead atoms. The van der Waals surface area contributed by atoms with E-state index in [9.17, 15) is 4.79 Å². The Balaban J connectivity index is 1.83. The van der Waals surface area contributed by atoms with Gasteiger partial charge in [-0.25, -0.2) is 0 Å². The van der Waals surface area contributed by atoms with Crippen LogP contribution >= 0.6 is 0 Å². The zero-order valence-electron chi connectivity index (χ0n) is 10.1. The highest BCUT2D eigenvalue weighted by atomic mass is 16.5. The third-order valence-electron chi connectivity index (χ3n) is 2.56. The number of hydrogen-bond donors (Lipinski definition) is 3. The zero-order valence-corrected chi connectivity index (χ0v) is 10.1. The number of phenolic OH excluding ortho intramolecular Hbond substituents is 1. The van der Waals surface area contributed by atoms with E-state index in [4.69, 9.17) is 10.8 Å². The van der Waals surface area contributed by atoms with Crippen LogP contribution in [0.25, 0.3) is 0 Å². The first-order valence-corrected chi connectivity index (χ1v) is 5.71. The van der Waals surface area contributed by atoms with Gasteiger partial charge in [0.2, 0.25) is 12.3 Å². The quantitative estimate of drug-likeness (QED) is 0.696. The van der Waals surface area contributed by atoms with Gasteiger partial charge in [0, 0.05) is 0 Å². The minimum atomic E-state index is -0.670. The van der Waals surface area contributed by atoms with Gasteiger partial charge in [0.25, 0.3) is 0 Å². The number of amides is 1. The van der Waals surface area contributed by atoms with E-state index in [1.165, 1.54) is 6.39 Å². The molecule has 19 heavy (non-hydrogen) atoms. The molecule has 0 saturated carbocycles. The Hall–Kier alpha value is -2.41. The molecule has 0 fully saturated rings. The van der Waals surface area contributed by atoms with E-state index in [-0.39, 0.29) is 18.2 Å². The third-order valence-corrected chi connectivity index (χ3v) is 2.56. The summed E-state index contributed by atoms with van der Waals surface area (Å²) in [5.74, 6) is 0.280. The van der Waals surface area contributed by atoms with Crippen LogP contribution in [-0.4, -0.2) is 27.2 Å². The van der Waals surface area contributed by atoms with Gasteiger partial charge in [0.1, 0.15) is 5.75 Å². The SMILES string of the molecule is N[C@@H](Cc1ccc(O)cc1)C(=O)NCc1ncon1. The fourth-order valence-corrected chi connectivity index (χ4v) is 1.55.